The van der Waals surface area contributed by atoms with Crippen molar-refractivity contribution in [3.63, 3.8) is 0 Å². The maximum absolute atomic E-state index is 14.0. The molecule has 4 aromatic rings. The number of carbonyl (C=O) groups is 1. The number of benzene rings is 3. The third-order valence-electron chi connectivity index (χ3n) is 6.28. The lowest BCUT2D eigenvalue weighted by Crippen LogP contribution is -2.40. The second-order valence-corrected chi connectivity index (χ2v) is 11.6. The number of fused-ring (bicyclic) bond motifs is 2. The Morgan fingerprint density at radius 2 is 2.03 bits per heavy atom. The van der Waals surface area contributed by atoms with E-state index in [9.17, 15) is 14.7 Å². The van der Waals surface area contributed by atoms with Crippen molar-refractivity contribution in [1.82, 2.24) is 4.57 Å². The van der Waals surface area contributed by atoms with Gasteiger partial charge in [-0.25, -0.2) is 9.79 Å². The molecular formula is C28H22BrIN2O5S. The summed E-state index contributed by atoms with van der Waals surface area (Å²) in [4.78, 5) is 32.5. The molecule has 7 nitrogen and oxygen atoms in total. The van der Waals surface area contributed by atoms with Crippen molar-refractivity contribution in [3.05, 3.63) is 98.7 Å². The largest absolute Gasteiger partial charge is 0.506 e. The summed E-state index contributed by atoms with van der Waals surface area (Å²) in [5.41, 5.74) is 1.92. The number of esters is 1. The van der Waals surface area contributed by atoms with E-state index in [1.165, 1.54) is 11.3 Å². The number of hydrogen-bond acceptors (Lipinski definition) is 7. The van der Waals surface area contributed by atoms with Crippen molar-refractivity contribution < 1.29 is 19.4 Å². The molecule has 3 aromatic carbocycles. The summed E-state index contributed by atoms with van der Waals surface area (Å²) in [5.74, 6) is 0.166. The Labute approximate surface area is 244 Å². The van der Waals surface area contributed by atoms with E-state index in [0.717, 1.165) is 16.3 Å². The molecule has 0 aliphatic carbocycles. The van der Waals surface area contributed by atoms with Gasteiger partial charge in [-0.15, -0.1) is 0 Å². The van der Waals surface area contributed by atoms with Crippen LogP contribution in [0.25, 0.3) is 16.8 Å². The van der Waals surface area contributed by atoms with Crippen LogP contribution in [0.5, 0.6) is 11.5 Å². The second kappa shape index (κ2) is 10.7. The normalized spacial score (nSPS) is 15.4. The topological polar surface area (TPSA) is 90.1 Å². The monoisotopic (exact) mass is 704 g/mol. The van der Waals surface area contributed by atoms with Gasteiger partial charge in [0.25, 0.3) is 5.56 Å². The number of allylic oxidation sites excluding steroid dienone is 1. The lowest BCUT2D eigenvalue weighted by atomic mass is 9.90. The Morgan fingerprint density at radius 3 is 2.74 bits per heavy atom. The van der Waals surface area contributed by atoms with E-state index in [4.69, 9.17) is 9.47 Å². The number of ether oxygens (including phenoxy) is 2. The second-order valence-electron chi connectivity index (χ2n) is 8.54. The Kier molecular flexibility index (Phi) is 7.47. The summed E-state index contributed by atoms with van der Waals surface area (Å²) in [6, 6.07) is 14.3. The third kappa shape index (κ3) is 4.58. The minimum Gasteiger partial charge on any atom is -0.506 e. The zero-order chi connectivity index (χ0) is 27.1. The van der Waals surface area contributed by atoms with Crippen molar-refractivity contribution in [2.24, 2.45) is 4.99 Å². The Balaban J connectivity index is 1.84. The maximum atomic E-state index is 14.0. The fraction of sp³-hybridized carbons (Fsp3) is 0.179. The molecule has 0 saturated carbocycles. The first kappa shape index (κ1) is 26.6. The van der Waals surface area contributed by atoms with Gasteiger partial charge in [0.05, 0.1) is 37.6 Å². The predicted molar refractivity (Wildman–Crippen MR) is 159 cm³/mol. The molecule has 10 heteroatoms. The molecule has 0 amide bonds. The lowest BCUT2D eigenvalue weighted by molar-refractivity contribution is -0.139. The van der Waals surface area contributed by atoms with Gasteiger partial charge in [-0.3, -0.25) is 9.36 Å². The molecule has 5 rings (SSSR count). The van der Waals surface area contributed by atoms with E-state index in [0.29, 0.717) is 40.0 Å². The molecule has 0 unspecified atom stereocenters. The molecule has 1 N–H and O–H groups in total. The summed E-state index contributed by atoms with van der Waals surface area (Å²) in [6.45, 7) is 3.69. The van der Waals surface area contributed by atoms with Crippen LogP contribution in [0.15, 0.2) is 74.1 Å². The molecule has 194 valence electrons. The number of hydrogen-bond donors (Lipinski definition) is 1. The number of halogens is 2. The zero-order valence-corrected chi connectivity index (χ0v) is 25.2. The standard InChI is InChI=1S/C28H22BrIN2O5S/c1-4-37-27(35)22-14(2)31-28-32(24(22)23-17-8-6-5-7-16(17)9-10-20(23)36-3)26(34)21(38-28)13-15-11-18(29)25(33)19(30)12-15/h5-13,24,33H,4H2,1-3H3/b21-13+/t24-/m1/s1. The van der Waals surface area contributed by atoms with Crippen LogP contribution in [-0.2, 0) is 9.53 Å². The smallest absolute Gasteiger partial charge is 0.338 e. The van der Waals surface area contributed by atoms with E-state index in [-0.39, 0.29) is 17.9 Å². The van der Waals surface area contributed by atoms with E-state index < -0.39 is 12.0 Å². The van der Waals surface area contributed by atoms with Crippen molar-refractivity contribution in [2.75, 3.05) is 13.7 Å². The Morgan fingerprint density at radius 1 is 1.26 bits per heavy atom. The molecule has 0 radical (unpaired) electrons. The highest BCUT2D eigenvalue weighted by Crippen LogP contribution is 2.40. The quantitative estimate of drug-likeness (QED) is 0.233. The fourth-order valence-electron chi connectivity index (χ4n) is 4.62. The maximum Gasteiger partial charge on any atom is 0.338 e. The molecule has 2 heterocycles. The number of nitrogens with zero attached hydrogens (tertiary/aromatic N) is 2. The van der Waals surface area contributed by atoms with Crippen LogP contribution in [0.1, 0.15) is 31.0 Å². The number of rotatable bonds is 5. The van der Waals surface area contributed by atoms with Crippen LogP contribution in [0.2, 0.25) is 0 Å². The van der Waals surface area contributed by atoms with Gasteiger partial charge in [0.15, 0.2) is 4.80 Å². The van der Waals surface area contributed by atoms with E-state index in [1.54, 1.807) is 43.7 Å². The molecule has 1 aliphatic heterocycles. The molecular weight excluding hydrogens is 683 g/mol. The van der Waals surface area contributed by atoms with Gasteiger partial charge >= 0.3 is 5.97 Å². The number of carbonyl (C=O) groups excluding carboxylic acids is 1. The van der Waals surface area contributed by atoms with Crippen LogP contribution in [0.4, 0.5) is 0 Å². The van der Waals surface area contributed by atoms with E-state index in [1.807, 2.05) is 59.0 Å². The summed E-state index contributed by atoms with van der Waals surface area (Å²) < 4.78 is 14.4. The Hall–Kier alpha value is -2.96. The number of aromatic nitrogens is 1. The molecule has 1 aliphatic rings. The van der Waals surface area contributed by atoms with E-state index >= 15 is 0 Å². The highest BCUT2D eigenvalue weighted by Gasteiger charge is 2.36. The third-order valence-corrected chi connectivity index (χ3v) is 8.69. The number of methoxy groups -OCH3 is 1. The number of aromatic hydroxyl groups is 1. The SMILES string of the molecule is CCOC(=O)C1=C(C)N=c2s/c(=C/c3cc(Br)c(O)c(I)c3)c(=O)n2[C@H]1c1c(OC)ccc2ccccc12. The van der Waals surface area contributed by atoms with Crippen molar-refractivity contribution in [3.8, 4) is 11.5 Å². The molecule has 0 bridgehead atoms. The molecule has 1 aromatic heterocycles. The van der Waals surface area contributed by atoms with Gasteiger partial charge < -0.3 is 14.6 Å². The van der Waals surface area contributed by atoms with Crippen molar-refractivity contribution in [2.45, 2.75) is 19.9 Å². The van der Waals surface area contributed by atoms with Crippen LogP contribution in [-0.4, -0.2) is 29.4 Å². The van der Waals surface area contributed by atoms with Gasteiger partial charge in [-0.1, -0.05) is 41.7 Å². The molecule has 1 atom stereocenters. The minimum atomic E-state index is -0.805. The first-order valence-corrected chi connectivity index (χ1v) is 14.4. The van der Waals surface area contributed by atoms with Gasteiger partial charge in [0.1, 0.15) is 17.5 Å². The molecule has 0 spiro atoms. The average Bonchev–Trinajstić information content (AvgIpc) is 3.19. The molecule has 0 saturated heterocycles. The van der Waals surface area contributed by atoms with Gasteiger partial charge in [0.2, 0.25) is 0 Å². The summed E-state index contributed by atoms with van der Waals surface area (Å²) in [7, 11) is 1.57. The van der Waals surface area contributed by atoms with Crippen LogP contribution in [0.3, 0.4) is 0 Å². The highest BCUT2D eigenvalue weighted by molar-refractivity contribution is 14.1. The van der Waals surface area contributed by atoms with Gasteiger partial charge in [-0.2, -0.15) is 0 Å². The summed E-state index contributed by atoms with van der Waals surface area (Å²) >= 11 is 6.65. The predicted octanol–water partition coefficient (Wildman–Crippen LogP) is 5.03. The van der Waals surface area contributed by atoms with Crippen LogP contribution in [0, 0.1) is 3.57 Å². The van der Waals surface area contributed by atoms with Crippen LogP contribution < -0.4 is 19.6 Å². The Bertz CT molecular complexity index is 1800. The highest BCUT2D eigenvalue weighted by atomic mass is 127. The van der Waals surface area contributed by atoms with Crippen molar-refractivity contribution in [1.29, 1.82) is 0 Å². The van der Waals surface area contributed by atoms with Gasteiger partial charge in [-0.05, 0) is 93.0 Å². The number of phenols is 1. The average molecular weight is 705 g/mol. The molecule has 38 heavy (non-hydrogen) atoms. The minimum absolute atomic E-state index is 0.141. The summed E-state index contributed by atoms with van der Waals surface area (Å²) in [5, 5.41) is 11.9. The first-order valence-electron chi connectivity index (χ1n) is 11.7. The van der Waals surface area contributed by atoms with Crippen molar-refractivity contribution >= 4 is 72.7 Å². The fourth-order valence-corrected chi connectivity index (χ4v) is 7.17. The number of thiazole rings is 1. The number of phenolic OH excluding ortho intramolecular Hbond substituents is 1. The lowest BCUT2D eigenvalue weighted by Gasteiger charge is -2.27. The zero-order valence-electron chi connectivity index (χ0n) is 20.6. The molecule has 0 fully saturated rings. The first-order chi connectivity index (χ1) is 18.2. The van der Waals surface area contributed by atoms with E-state index in [2.05, 4.69) is 20.9 Å². The van der Waals surface area contributed by atoms with Crippen LogP contribution >= 0.6 is 49.9 Å². The van der Waals surface area contributed by atoms with Gasteiger partial charge in [0, 0.05) is 5.56 Å². The summed E-state index contributed by atoms with van der Waals surface area (Å²) in [6.07, 6.45) is 1.76.